The van der Waals surface area contributed by atoms with Crippen molar-refractivity contribution in [3.05, 3.63) is 64.2 Å². The van der Waals surface area contributed by atoms with Crippen LogP contribution in [0, 0.1) is 10.1 Å². The lowest BCUT2D eigenvalue weighted by Gasteiger charge is -2.32. The van der Waals surface area contributed by atoms with Crippen LogP contribution >= 0.6 is 0 Å². The van der Waals surface area contributed by atoms with Crippen LogP contribution in [0.2, 0.25) is 0 Å². The molecule has 0 aliphatic carbocycles. The summed E-state index contributed by atoms with van der Waals surface area (Å²) in [6, 6.07) is 12.4. The molecule has 178 valence electrons. The molecule has 33 heavy (non-hydrogen) atoms. The third kappa shape index (κ3) is 5.97. The number of piperidine rings is 1. The maximum atomic E-state index is 13.0. The Kier molecular flexibility index (Phi) is 7.84. The summed E-state index contributed by atoms with van der Waals surface area (Å²) >= 11 is 0. The number of amides is 1. The van der Waals surface area contributed by atoms with Crippen molar-refractivity contribution in [2.24, 2.45) is 0 Å². The number of nitrogens with one attached hydrogen (secondary N) is 1. The molecule has 2 aromatic rings. The molecular weight excluding hydrogens is 454 g/mol. The number of nitrogens with zero attached hydrogens (tertiary/aromatic N) is 2. The van der Waals surface area contributed by atoms with Gasteiger partial charge in [-0.1, -0.05) is 30.3 Å². The van der Waals surface area contributed by atoms with E-state index in [1.165, 1.54) is 29.6 Å². The van der Waals surface area contributed by atoms with Crippen molar-refractivity contribution in [3.8, 4) is 11.5 Å². The SMILES string of the molecule is COc1cc([N+](=O)[O-])ccc1OC1CCN(S(=O)(=O)C[C@@H](C(=O)NO)c2ccccc2)CC1. The molecule has 1 fully saturated rings. The van der Waals surface area contributed by atoms with Gasteiger partial charge in [-0.25, -0.2) is 18.2 Å². The highest BCUT2D eigenvalue weighted by Gasteiger charge is 2.34. The topological polar surface area (TPSA) is 148 Å². The van der Waals surface area contributed by atoms with E-state index in [2.05, 4.69) is 0 Å². The van der Waals surface area contributed by atoms with Crippen LogP contribution in [0.5, 0.6) is 11.5 Å². The van der Waals surface area contributed by atoms with E-state index in [0.717, 1.165) is 0 Å². The van der Waals surface area contributed by atoms with Gasteiger partial charge < -0.3 is 9.47 Å². The number of hydrogen-bond acceptors (Lipinski definition) is 8. The zero-order valence-corrected chi connectivity index (χ0v) is 18.7. The second-order valence-electron chi connectivity index (χ2n) is 7.53. The fraction of sp³-hybridized carbons (Fsp3) is 0.381. The van der Waals surface area contributed by atoms with Crippen molar-refractivity contribution in [2.45, 2.75) is 24.9 Å². The van der Waals surface area contributed by atoms with Gasteiger partial charge in [0.1, 0.15) is 6.10 Å². The van der Waals surface area contributed by atoms with Gasteiger partial charge in [-0.2, -0.15) is 0 Å². The molecule has 0 radical (unpaired) electrons. The number of hydroxylamine groups is 1. The van der Waals surface area contributed by atoms with Gasteiger partial charge in [-0.05, 0) is 24.5 Å². The molecule has 0 spiro atoms. The van der Waals surface area contributed by atoms with Crippen molar-refractivity contribution in [3.63, 3.8) is 0 Å². The quantitative estimate of drug-likeness (QED) is 0.315. The summed E-state index contributed by atoms with van der Waals surface area (Å²) in [6.45, 7) is 0.370. The highest BCUT2D eigenvalue weighted by atomic mass is 32.2. The number of methoxy groups -OCH3 is 1. The Hall–Kier alpha value is -3.22. The molecular formula is C21H25N3O8S. The van der Waals surface area contributed by atoms with Crippen LogP contribution in [0.25, 0.3) is 0 Å². The van der Waals surface area contributed by atoms with E-state index in [1.54, 1.807) is 35.8 Å². The number of nitro benzene ring substituents is 1. The number of hydrogen-bond donors (Lipinski definition) is 2. The molecule has 2 N–H and O–H groups in total. The summed E-state index contributed by atoms with van der Waals surface area (Å²) in [6.07, 6.45) is 0.473. The lowest BCUT2D eigenvalue weighted by Crippen LogP contribution is -2.44. The molecule has 0 saturated carbocycles. The smallest absolute Gasteiger partial charge is 0.273 e. The van der Waals surface area contributed by atoms with Gasteiger partial charge in [-0.15, -0.1) is 0 Å². The fourth-order valence-corrected chi connectivity index (χ4v) is 5.42. The maximum absolute atomic E-state index is 13.0. The average molecular weight is 480 g/mol. The minimum atomic E-state index is -3.80. The molecule has 1 aliphatic heterocycles. The first-order valence-electron chi connectivity index (χ1n) is 10.2. The standard InChI is InChI=1S/C21H25N3O8S/c1-31-20-13-16(24(27)28)7-8-19(20)32-17-9-11-23(12-10-17)33(29,30)14-18(21(25)22-26)15-5-3-2-4-6-15/h2-8,13,17-18,26H,9-12,14H2,1H3,(H,22,25)/t18-/m1/s1. The van der Waals surface area contributed by atoms with Crippen LogP contribution < -0.4 is 15.0 Å². The van der Waals surface area contributed by atoms with Gasteiger partial charge in [0, 0.05) is 19.2 Å². The van der Waals surface area contributed by atoms with Gasteiger partial charge in [0.05, 0.1) is 29.8 Å². The van der Waals surface area contributed by atoms with Crippen LogP contribution in [-0.4, -0.2) is 60.8 Å². The average Bonchev–Trinajstić information content (AvgIpc) is 2.83. The molecule has 1 atom stereocenters. The Balaban J connectivity index is 1.65. The second kappa shape index (κ2) is 10.6. The minimum Gasteiger partial charge on any atom is -0.493 e. The first-order chi connectivity index (χ1) is 15.7. The minimum absolute atomic E-state index is 0.125. The van der Waals surface area contributed by atoms with Crippen molar-refractivity contribution < 1.29 is 32.8 Å². The van der Waals surface area contributed by atoms with Crippen LogP contribution in [0.15, 0.2) is 48.5 Å². The number of carbonyl (C=O) groups is 1. The third-order valence-corrected chi connectivity index (χ3v) is 7.36. The van der Waals surface area contributed by atoms with Gasteiger partial charge in [0.2, 0.25) is 10.0 Å². The fourth-order valence-electron chi connectivity index (χ4n) is 3.68. The highest BCUT2D eigenvalue weighted by molar-refractivity contribution is 7.89. The third-order valence-electron chi connectivity index (χ3n) is 5.45. The van der Waals surface area contributed by atoms with Crippen LogP contribution in [0.4, 0.5) is 5.69 Å². The zero-order valence-electron chi connectivity index (χ0n) is 17.9. The van der Waals surface area contributed by atoms with Crippen LogP contribution in [0.3, 0.4) is 0 Å². The number of sulfonamides is 1. The molecule has 1 amide bonds. The summed E-state index contributed by atoms with van der Waals surface area (Å²) in [4.78, 5) is 22.5. The Labute approximate surface area is 191 Å². The van der Waals surface area contributed by atoms with E-state index in [9.17, 15) is 23.3 Å². The van der Waals surface area contributed by atoms with Gasteiger partial charge in [0.25, 0.3) is 11.6 Å². The Morgan fingerprint density at radius 2 is 1.88 bits per heavy atom. The predicted octanol–water partition coefficient (Wildman–Crippen LogP) is 2.07. The van der Waals surface area contributed by atoms with Gasteiger partial charge >= 0.3 is 0 Å². The van der Waals surface area contributed by atoms with E-state index in [1.807, 2.05) is 0 Å². The van der Waals surface area contributed by atoms with E-state index in [-0.39, 0.29) is 30.6 Å². The normalized spacial score (nSPS) is 16.1. The highest BCUT2D eigenvalue weighted by Crippen LogP contribution is 2.33. The van der Waals surface area contributed by atoms with E-state index >= 15 is 0 Å². The monoisotopic (exact) mass is 479 g/mol. The summed E-state index contributed by atoms with van der Waals surface area (Å²) in [5.74, 6) is -1.77. The summed E-state index contributed by atoms with van der Waals surface area (Å²) in [7, 11) is -2.42. The van der Waals surface area contributed by atoms with E-state index in [0.29, 0.717) is 24.2 Å². The Bertz CT molecular complexity index is 1090. The second-order valence-corrected chi connectivity index (χ2v) is 9.54. The molecule has 1 saturated heterocycles. The van der Waals surface area contributed by atoms with E-state index in [4.69, 9.17) is 14.7 Å². The summed E-state index contributed by atoms with van der Waals surface area (Å²) in [5, 5.41) is 20.0. The first kappa shape index (κ1) is 24.4. The first-order valence-corrected chi connectivity index (χ1v) is 11.8. The maximum Gasteiger partial charge on any atom is 0.273 e. The number of ether oxygens (including phenoxy) is 2. The molecule has 11 nitrogen and oxygen atoms in total. The van der Waals surface area contributed by atoms with E-state index < -0.39 is 32.5 Å². The molecule has 0 bridgehead atoms. The molecule has 2 aromatic carbocycles. The summed E-state index contributed by atoms with van der Waals surface area (Å²) < 4.78 is 38.4. The largest absolute Gasteiger partial charge is 0.493 e. The Morgan fingerprint density at radius 3 is 2.45 bits per heavy atom. The van der Waals surface area contributed by atoms with Gasteiger partial charge in [-0.3, -0.25) is 20.1 Å². The van der Waals surface area contributed by atoms with Crippen molar-refractivity contribution >= 4 is 21.6 Å². The number of non-ortho nitro benzene ring substituents is 1. The van der Waals surface area contributed by atoms with Gasteiger partial charge in [0.15, 0.2) is 11.5 Å². The lowest BCUT2D eigenvalue weighted by molar-refractivity contribution is -0.385. The molecule has 1 aliphatic rings. The lowest BCUT2D eigenvalue weighted by atomic mass is 10.0. The number of carbonyl (C=O) groups excluding carboxylic acids is 1. The molecule has 12 heteroatoms. The summed E-state index contributed by atoms with van der Waals surface area (Å²) in [5.41, 5.74) is 1.91. The van der Waals surface area contributed by atoms with Crippen molar-refractivity contribution in [1.29, 1.82) is 0 Å². The van der Waals surface area contributed by atoms with Crippen LogP contribution in [-0.2, 0) is 14.8 Å². The van der Waals surface area contributed by atoms with Crippen LogP contribution in [0.1, 0.15) is 24.3 Å². The number of nitro groups is 1. The van der Waals surface area contributed by atoms with Crippen molar-refractivity contribution in [2.75, 3.05) is 26.0 Å². The molecule has 1 heterocycles. The Morgan fingerprint density at radius 1 is 1.21 bits per heavy atom. The molecule has 3 rings (SSSR count). The molecule has 0 aromatic heterocycles. The molecule has 0 unspecified atom stereocenters. The predicted molar refractivity (Wildman–Crippen MR) is 118 cm³/mol. The van der Waals surface area contributed by atoms with Crippen molar-refractivity contribution in [1.82, 2.24) is 9.79 Å². The zero-order chi connectivity index (χ0) is 24.0. The number of benzene rings is 2. The number of rotatable bonds is 9.